The maximum atomic E-state index is 12.2. The average molecular weight is 274 g/mol. The van der Waals surface area contributed by atoms with Crippen LogP contribution in [0, 0.1) is 0 Å². The first-order chi connectivity index (χ1) is 8.77. The predicted octanol–water partition coefficient (Wildman–Crippen LogP) is 1.41. The molecule has 0 saturated carbocycles. The van der Waals surface area contributed by atoms with Gasteiger partial charge in [-0.25, -0.2) is 4.79 Å². The second-order valence-corrected chi connectivity index (χ2v) is 4.85. The molecule has 0 bridgehead atoms. The fourth-order valence-corrected chi connectivity index (χ4v) is 2.21. The Morgan fingerprint density at radius 1 is 1.16 bits per heavy atom. The number of carbonyl (C=O) groups excluding carboxylic acids is 2. The van der Waals surface area contributed by atoms with Crippen LogP contribution in [0.2, 0.25) is 0 Å². The molecule has 19 heavy (non-hydrogen) atoms. The minimum absolute atomic E-state index is 0.208. The van der Waals surface area contributed by atoms with Crippen molar-refractivity contribution < 1.29 is 28.5 Å². The molecule has 1 saturated heterocycles. The molecule has 0 aromatic carbocycles. The molecule has 1 heterocycles. The van der Waals surface area contributed by atoms with E-state index < -0.39 is 29.4 Å². The number of hydrogen-bond acceptors (Lipinski definition) is 6. The molecule has 1 aliphatic heterocycles. The van der Waals surface area contributed by atoms with Gasteiger partial charge in [0.15, 0.2) is 5.79 Å². The van der Waals surface area contributed by atoms with Crippen molar-refractivity contribution in [3.63, 3.8) is 0 Å². The highest BCUT2D eigenvalue weighted by atomic mass is 16.8. The van der Waals surface area contributed by atoms with Crippen LogP contribution in [0.1, 0.15) is 41.0 Å². The summed E-state index contributed by atoms with van der Waals surface area (Å²) < 4.78 is 21.2. The van der Waals surface area contributed by atoms with Gasteiger partial charge in [0.2, 0.25) is 5.60 Å². The molecule has 0 spiro atoms. The molecule has 0 aromatic heterocycles. The lowest BCUT2D eigenvalue weighted by Gasteiger charge is -2.28. The van der Waals surface area contributed by atoms with E-state index in [1.165, 1.54) is 0 Å². The molecular formula is C13H22O6. The highest BCUT2D eigenvalue weighted by Gasteiger charge is 2.58. The molecule has 1 aliphatic rings. The summed E-state index contributed by atoms with van der Waals surface area (Å²) >= 11 is 0. The second kappa shape index (κ2) is 5.88. The van der Waals surface area contributed by atoms with E-state index in [1.54, 1.807) is 34.6 Å². The topological polar surface area (TPSA) is 71.1 Å². The van der Waals surface area contributed by atoms with Crippen molar-refractivity contribution in [2.24, 2.45) is 0 Å². The van der Waals surface area contributed by atoms with Crippen LogP contribution in [0.4, 0.5) is 0 Å². The third-order valence-corrected chi connectivity index (χ3v) is 2.88. The summed E-state index contributed by atoms with van der Waals surface area (Å²) in [5.41, 5.74) is -1.44. The molecule has 110 valence electrons. The summed E-state index contributed by atoms with van der Waals surface area (Å²) in [5, 5.41) is 0. The van der Waals surface area contributed by atoms with E-state index >= 15 is 0 Å². The van der Waals surface area contributed by atoms with Crippen LogP contribution < -0.4 is 0 Å². The molecule has 0 N–H and O–H groups in total. The standard InChI is InChI=1S/C13H22O6/c1-6-16-10(14)8-13(11(15)17-7-2)9(3)18-12(4,5)19-13/h9H,6-8H2,1-5H3. The minimum atomic E-state index is -1.44. The third-order valence-electron chi connectivity index (χ3n) is 2.88. The van der Waals surface area contributed by atoms with Gasteiger partial charge < -0.3 is 18.9 Å². The van der Waals surface area contributed by atoms with E-state index in [-0.39, 0.29) is 19.6 Å². The van der Waals surface area contributed by atoms with Crippen LogP contribution in [-0.2, 0) is 28.5 Å². The second-order valence-electron chi connectivity index (χ2n) is 4.85. The van der Waals surface area contributed by atoms with E-state index in [1.807, 2.05) is 0 Å². The Labute approximate surface area is 113 Å². The number of rotatable bonds is 5. The Morgan fingerprint density at radius 3 is 2.16 bits per heavy atom. The van der Waals surface area contributed by atoms with E-state index in [9.17, 15) is 9.59 Å². The Hall–Kier alpha value is -1.14. The highest BCUT2D eigenvalue weighted by molar-refractivity contribution is 5.87. The smallest absolute Gasteiger partial charge is 0.341 e. The quantitative estimate of drug-likeness (QED) is 0.706. The Kier molecular flexibility index (Phi) is 4.92. The number of esters is 2. The lowest BCUT2D eigenvalue weighted by molar-refractivity contribution is -0.194. The van der Waals surface area contributed by atoms with Crippen molar-refractivity contribution in [1.82, 2.24) is 0 Å². The fourth-order valence-electron chi connectivity index (χ4n) is 2.21. The molecule has 1 fully saturated rings. The molecule has 0 aliphatic carbocycles. The summed E-state index contributed by atoms with van der Waals surface area (Å²) in [6.07, 6.45) is -0.810. The molecule has 1 rings (SSSR count). The monoisotopic (exact) mass is 274 g/mol. The van der Waals surface area contributed by atoms with E-state index in [4.69, 9.17) is 18.9 Å². The zero-order chi connectivity index (χ0) is 14.7. The van der Waals surface area contributed by atoms with Crippen molar-refractivity contribution in [1.29, 1.82) is 0 Å². The van der Waals surface area contributed by atoms with E-state index in [2.05, 4.69) is 0 Å². The number of carbonyl (C=O) groups is 2. The van der Waals surface area contributed by atoms with Gasteiger partial charge in [0.05, 0.1) is 25.7 Å². The van der Waals surface area contributed by atoms with Crippen molar-refractivity contribution in [3.8, 4) is 0 Å². The van der Waals surface area contributed by atoms with E-state index in [0.717, 1.165) is 0 Å². The first-order valence-electron chi connectivity index (χ1n) is 6.48. The maximum absolute atomic E-state index is 12.2. The van der Waals surface area contributed by atoms with Crippen molar-refractivity contribution in [2.75, 3.05) is 13.2 Å². The van der Waals surface area contributed by atoms with Crippen molar-refractivity contribution >= 4 is 11.9 Å². The summed E-state index contributed by atoms with van der Waals surface area (Å²) in [4.78, 5) is 23.9. The van der Waals surface area contributed by atoms with Crippen LogP contribution in [-0.4, -0.2) is 42.6 Å². The minimum Gasteiger partial charge on any atom is -0.466 e. The molecule has 0 amide bonds. The molecule has 0 radical (unpaired) electrons. The number of hydrogen-bond donors (Lipinski definition) is 0. The first-order valence-corrected chi connectivity index (χ1v) is 6.48. The molecule has 2 unspecified atom stereocenters. The van der Waals surface area contributed by atoms with Gasteiger partial charge >= 0.3 is 11.9 Å². The van der Waals surface area contributed by atoms with E-state index in [0.29, 0.717) is 0 Å². The normalized spacial score (nSPS) is 29.0. The Morgan fingerprint density at radius 2 is 1.74 bits per heavy atom. The third kappa shape index (κ3) is 3.45. The zero-order valence-electron chi connectivity index (χ0n) is 12.1. The molecule has 2 atom stereocenters. The summed E-state index contributed by atoms with van der Waals surface area (Å²) in [7, 11) is 0. The van der Waals surface area contributed by atoms with Gasteiger partial charge in [-0.2, -0.15) is 0 Å². The lowest BCUT2D eigenvalue weighted by atomic mass is 9.94. The van der Waals surface area contributed by atoms with Crippen LogP contribution in [0.15, 0.2) is 0 Å². The SMILES string of the molecule is CCOC(=O)CC1(C(=O)OCC)OC(C)(C)OC1C. The van der Waals surface area contributed by atoms with Crippen molar-refractivity contribution in [2.45, 2.75) is 58.5 Å². The van der Waals surface area contributed by atoms with Gasteiger partial charge in [0, 0.05) is 0 Å². The van der Waals surface area contributed by atoms with Gasteiger partial charge in [-0.15, -0.1) is 0 Å². The first kappa shape index (κ1) is 15.9. The largest absolute Gasteiger partial charge is 0.466 e. The van der Waals surface area contributed by atoms with Crippen LogP contribution >= 0.6 is 0 Å². The summed E-state index contributed by atoms with van der Waals surface area (Å²) in [6.45, 7) is 8.92. The Balaban J connectivity index is 2.98. The van der Waals surface area contributed by atoms with Crippen molar-refractivity contribution in [3.05, 3.63) is 0 Å². The molecule has 0 aromatic rings. The van der Waals surface area contributed by atoms with Gasteiger partial charge in [0.1, 0.15) is 0 Å². The van der Waals surface area contributed by atoms with Crippen LogP contribution in [0.25, 0.3) is 0 Å². The maximum Gasteiger partial charge on any atom is 0.341 e. The predicted molar refractivity (Wildman–Crippen MR) is 66.3 cm³/mol. The van der Waals surface area contributed by atoms with Gasteiger partial charge in [0.25, 0.3) is 0 Å². The van der Waals surface area contributed by atoms with Crippen LogP contribution in [0.5, 0.6) is 0 Å². The average Bonchev–Trinajstić information content (AvgIpc) is 2.50. The molecular weight excluding hydrogens is 252 g/mol. The summed E-state index contributed by atoms with van der Waals surface area (Å²) in [6, 6.07) is 0. The van der Waals surface area contributed by atoms with Gasteiger partial charge in [-0.1, -0.05) is 0 Å². The summed E-state index contributed by atoms with van der Waals surface area (Å²) in [5.74, 6) is -2.05. The fraction of sp³-hybridized carbons (Fsp3) is 0.846. The van der Waals surface area contributed by atoms with Gasteiger partial charge in [-0.3, -0.25) is 4.79 Å². The zero-order valence-corrected chi connectivity index (χ0v) is 12.1. The Bertz CT molecular complexity index is 351. The lowest BCUT2D eigenvalue weighted by Crippen LogP contribution is -2.50. The number of ether oxygens (including phenoxy) is 4. The van der Waals surface area contributed by atoms with Crippen LogP contribution in [0.3, 0.4) is 0 Å². The highest BCUT2D eigenvalue weighted by Crippen LogP contribution is 2.39. The van der Waals surface area contributed by atoms with Gasteiger partial charge in [-0.05, 0) is 34.6 Å². The molecule has 6 nitrogen and oxygen atoms in total. The molecule has 6 heteroatoms.